The molecule has 3 heteroatoms. The summed E-state index contributed by atoms with van der Waals surface area (Å²) in [5.41, 5.74) is 6.96. The molecule has 1 aromatic rings. The molecular weight excluding hydrogens is 188 g/mol. The zero-order valence-electron chi connectivity index (χ0n) is 9.43. The van der Waals surface area contributed by atoms with E-state index in [1.807, 2.05) is 25.2 Å². The van der Waals surface area contributed by atoms with Crippen LogP contribution >= 0.6 is 0 Å². The lowest BCUT2D eigenvalue weighted by Gasteiger charge is -2.28. The van der Waals surface area contributed by atoms with Crippen LogP contribution < -0.4 is 5.73 Å². The van der Waals surface area contributed by atoms with Crippen LogP contribution in [0.2, 0.25) is 0 Å². The third-order valence-corrected chi connectivity index (χ3v) is 2.49. The summed E-state index contributed by atoms with van der Waals surface area (Å²) in [5, 5.41) is 9.33. The van der Waals surface area contributed by atoms with E-state index in [0.717, 1.165) is 0 Å². The predicted molar refractivity (Wildman–Crippen MR) is 62.5 cm³/mol. The van der Waals surface area contributed by atoms with Crippen molar-refractivity contribution >= 4 is 0 Å². The van der Waals surface area contributed by atoms with Gasteiger partial charge in [0.15, 0.2) is 0 Å². The van der Waals surface area contributed by atoms with E-state index in [0.29, 0.717) is 13.1 Å². The average Bonchev–Trinajstić information content (AvgIpc) is 2.19. The molecule has 0 saturated heterocycles. The molecule has 0 aromatic heterocycles. The Morgan fingerprint density at radius 2 is 1.93 bits per heavy atom. The topological polar surface area (TPSA) is 49.5 Å². The Morgan fingerprint density at radius 3 is 2.40 bits per heavy atom. The first-order chi connectivity index (χ1) is 7.15. The Morgan fingerprint density at radius 1 is 1.33 bits per heavy atom. The molecule has 1 rings (SSSR count). The SMILES string of the molecule is CC(O)CN(C)C(CN)c1ccccc1. The summed E-state index contributed by atoms with van der Waals surface area (Å²) in [7, 11) is 1.98. The second-order valence-electron chi connectivity index (χ2n) is 3.95. The second-order valence-corrected chi connectivity index (χ2v) is 3.95. The van der Waals surface area contributed by atoms with Crippen molar-refractivity contribution in [2.24, 2.45) is 5.73 Å². The van der Waals surface area contributed by atoms with Crippen molar-refractivity contribution in [3.05, 3.63) is 35.9 Å². The van der Waals surface area contributed by atoms with Crippen LogP contribution in [0.3, 0.4) is 0 Å². The summed E-state index contributed by atoms with van der Waals surface area (Å²) in [6, 6.07) is 10.3. The van der Waals surface area contributed by atoms with Gasteiger partial charge >= 0.3 is 0 Å². The minimum atomic E-state index is -0.326. The highest BCUT2D eigenvalue weighted by molar-refractivity contribution is 5.19. The van der Waals surface area contributed by atoms with Crippen LogP contribution in [0.1, 0.15) is 18.5 Å². The van der Waals surface area contributed by atoms with Gasteiger partial charge in [-0.3, -0.25) is 4.90 Å². The molecule has 0 fully saturated rings. The summed E-state index contributed by atoms with van der Waals surface area (Å²) in [4.78, 5) is 2.08. The number of nitrogens with zero attached hydrogens (tertiary/aromatic N) is 1. The number of hydrogen-bond acceptors (Lipinski definition) is 3. The monoisotopic (exact) mass is 208 g/mol. The number of aliphatic hydroxyl groups excluding tert-OH is 1. The Balaban J connectivity index is 2.71. The maximum absolute atomic E-state index is 9.33. The first-order valence-electron chi connectivity index (χ1n) is 5.28. The van der Waals surface area contributed by atoms with Crippen LogP contribution in [0.25, 0.3) is 0 Å². The Labute approximate surface area is 91.5 Å². The van der Waals surface area contributed by atoms with Crippen molar-refractivity contribution in [1.29, 1.82) is 0 Å². The lowest BCUT2D eigenvalue weighted by Crippen LogP contribution is -2.35. The van der Waals surface area contributed by atoms with E-state index in [1.54, 1.807) is 6.92 Å². The normalized spacial score (nSPS) is 15.3. The third-order valence-electron chi connectivity index (χ3n) is 2.49. The van der Waals surface area contributed by atoms with E-state index >= 15 is 0 Å². The molecule has 1 aromatic carbocycles. The van der Waals surface area contributed by atoms with E-state index in [9.17, 15) is 5.11 Å². The van der Waals surface area contributed by atoms with Gasteiger partial charge in [-0.05, 0) is 19.5 Å². The van der Waals surface area contributed by atoms with Gasteiger partial charge in [0.1, 0.15) is 0 Å². The van der Waals surface area contributed by atoms with Gasteiger partial charge in [0.25, 0.3) is 0 Å². The number of rotatable bonds is 5. The molecule has 3 N–H and O–H groups in total. The van der Waals surface area contributed by atoms with Crippen molar-refractivity contribution in [1.82, 2.24) is 4.90 Å². The van der Waals surface area contributed by atoms with Gasteiger partial charge in [0.2, 0.25) is 0 Å². The number of likely N-dealkylation sites (N-methyl/N-ethyl adjacent to an activating group) is 1. The molecule has 2 unspecified atom stereocenters. The minimum absolute atomic E-state index is 0.181. The van der Waals surface area contributed by atoms with Crippen LogP contribution in [0.15, 0.2) is 30.3 Å². The molecule has 0 bridgehead atoms. The molecule has 0 heterocycles. The molecule has 2 atom stereocenters. The van der Waals surface area contributed by atoms with Crippen molar-refractivity contribution < 1.29 is 5.11 Å². The highest BCUT2D eigenvalue weighted by Crippen LogP contribution is 2.17. The van der Waals surface area contributed by atoms with Crippen molar-refractivity contribution in [2.75, 3.05) is 20.1 Å². The molecule has 0 spiro atoms. The fourth-order valence-corrected chi connectivity index (χ4v) is 1.79. The summed E-state index contributed by atoms with van der Waals surface area (Å²) in [5.74, 6) is 0. The Hall–Kier alpha value is -0.900. The average molecular weight is 208 g/mol. The largest absolute Gasteiger partial charge is 0.392 e. The van der Waals surface area contributed by atoms with E-state index in [4.69, 9.17) is 5.73 Å². The number of nitrogens with two attached hydrogens (primary N) is 1. The zero-order valence-corrected chi connectivity index (χ0v) is 9.43. The van der Waals surface area contributed by atoms with Gasteiger partial charge < -0.3 is 10.8 Å². The molecule has 3 nitrogen and oxygen atoms in total. The van der Waals surface area contributed by atoms with Crippen LogP contribution in [0.4, 0.5) is 0 Å². The van der Waals surface area contributed by atoms with E-state index in [-0.39, 0.29) is 12.1 Å². The Bertz CT molecular complexity index is 274. The highest BCUT2D eigenvalue weighted by atomic mass is 16.3. The standard InChI is InChI=1S/C12H20N2O/c1-10(15)9-14(2)12(8-13)11-6-4-3-5-7-11/h3-7,10,12,15H,8-9,13H2,1-2H3. The smallest absolute Gasteiger partial charge is 0.0639 e. The van der Waals surface area contributed by atoms with Crippen LogP contribution in [0.5, 0.6) is 0 Å². The maximum atomic E-state index is 9.33. The predicted octanol–water partition coefficient (Wildman–Crippen LogP) is 0.999. The number of benzene rings is 1. The van der Waals surface area contributed by atoms with Crippen LogP contribution in [-0.2, 0) is 0 Å². The maximum Gasteiger partial charge on any atom is 0.0639 e. The molecule has 0 radical (unpaired) electrons. The molecule has 15 heavy (non-hydrogen) atoms. The summed E-state index contributed by atoms with van der Waals surface area (Å²) in [6.45, 7) is 2.99. The van der Waals surface area contributed by atoms with E-state index in [2.05, 4.69) is 17.0 Å². The molecule has 0 amide bonds. The second kappa shape index (κ2) is 5.85. The fourth-order valence-electron chi connectivity index (χ4n) is 1.79. The van der Waals surface area contributed by atoms with Crippen molar-refractivity contribution in [3.63, 3.8) is 0 Å². The molecular formula is C12H20N2O. The third kappa shape index (κ3) is 3.63. The molecule has 84 valence electrons. The summed E-state index contributed by atoms with van der Waals surface area (Å²) >= 11 is 0. The van der Waals surface area contributed by atoms with E-state index in [1.165, 1.54) is 5.56 Å². The van der Waals surface area contributed by atoms with Gasteiger partial charge in [-0.15, -0.1) is 0 Å². The molecule has 0 aliphatic rings. The van der Waals surface area contributed by atoms with Crippen molar-refractivity contribution in [2.45, 2.75) is 19.1 Å². The first-order valence-corrected chi connectivity index (χ1v) is 5.28. The first kappa shape index (κ1) is 12.2. The fraction of sp³-hybridized carbons (Fsp3) is 0.500. The highest BCUT2D eigenvalue weighted by Gasteiger charge is 2.15. The lowest BCUT2D eigenvalue weighted by molar-refractivity contribution is 0.119. The van der Waals surface area contributed by atoms with Gasteiger partial charge in [-0.1, -0.05) is 30.3 Å². The molecule has 0 aliphatic carbocycles. The minimum Gasteiger partial charge on any atom is -0.392 e. The number of hydrogen-bond donors (Lipinski definition) is 2. The van der Waals surface area contributed by atoms with Gasteiger partial charge in [-0.2, -0.15) is 0 Å². The van der Waals surface area contributed by atoms with E-state index < -0.39 is 0 Å². The number of aliphatic hydroxyl groups is 1. The Kier molecular flexibility index (Phi) is 4.75. The molecule has 0 saturated carbocycles. The van der Waals surface area contributed by atoms with Gasteiger partial charge in [-0.25, -0.2) is 0 Å². The zero-order chi connectivity index (χ0) is 11.3. The summed E-state index contributed by atoms with van der Waals surface area (Å²) < 4.78 is 0. The van der Waals surface area contributed by atoms with Gasteiger partial charge in [0.05, 0.1) is 6.10 Å². The van der Waals surface area contributed by atoms with Crippen molar-refractivity contribution in [3.8, 4) is 0 Å². The van der Waals surface area contributed by atoms with Crippen LogP contribution in [-0.4, -0.2) is 36.2 Å². The van der Waals surface area contributed by atoms with Gasteiger partial charge in [0, 0.05) is 19.1 Å². The van der Waals surface area contributed by atoms with Crippen LogP contribution in [0, 0.1) is 0 Å². The molecule has 0 aliphatic heterocycles. The quantitative estimate of drug-likeness (QED) is 0.759. The lowest BCUT2D eigenvalue weighted by atomic mass is 10.1. The summed E-state index contributed by atoms with van der Waals surface area (Å²) in [6.07, 6.45) is -0.326.